The summed E-state index contributed by atoms with van der Waals surface area (Å²) in [5.74, 6) is -1.79. The molecule has 1 heterocycles. The summed E-state index contributed by atoms with van der Waals surface area (Å²) >= 11 is 0. The van der Waals surface area contributed by atoms with E-state index >= 15 is 0 Å². The van der Waals surface area contributed by atoms with Crippen LogP contribution in [0.4, 0.5) is 5.82 Å². The SMILES string of the molecule is Cn1ncc(-c2cc(C(=O)O)c(O)cc2O)c1N. The van der Waals surface area contributed by atoms with Gasteiger partial charge in [-0.2, -0.15) is 5.10 Å². The molecule has 0 saturated carbocycles. The molecule has 0 atom stereocenters. The van der Waals surface area contributed by atoms with Gasteiger partial charge in [-0.3, -0.25) is 4.68 Å². The van der Waals surface area contributed by atoms with Crippen LogP contribution >= 0.6 is 0 Å². The Kier molecular flexibility index (Phi) is 2.59. The number of nitrogens with two attached hydrogens (primary N) is 1. The summed E-state index contributed by atoms with van der Waals surface area (Å²) in [6, 6.07) is 2.12. The van der Waals surface area contributed by atoms with Crippen molar-refractivity contribution in [3.8, 4) is 22.6 Å². The zero-order valence-corrected chi connectivity index (χ0v) is 9.45. The summed E-state index contributed by atoms with van der Waals surface area (Å²) in [5, 5.41) is 32.0. The van der Waals surface area contributed by atoms with Crippen molar-refractivity contribution in [2.45, 2.75) is 0 Å². The Bertz CT molecular complexity index is 633. The molecule has 0 bridgehead atoms. The van der Waals surface area contributed by atoms with Gasteiger partial charge in [0.2, 0.25) is 0 Å². The normalized spacial score (nSPS) is 10.5. The molecule has 94 valence electrons. The van der Waals surface area contributed by atoms with Gasteiger partial charge in [-0.05, 0) is 6.07 Å². The van der Waals surface area contributed by atoms with Crippen molar-refractivity contribution >= 4 is 11.8 Å². The summed E-state index contributed by atoms with van der Waals surface area (Å²) in [6.07, 6.45) is 1.41. The summed E-state index contributed by atoms with van der Waals surface area (Å²) < 4.78 is 1.39. The van der Waals surface area contributed by atoms with Crippen molar-refractivity contribution in [3.63, 3.8) is 0 Å². The van der Waals surface area contributed by atoms with Crippen molar-refractivity contribution in [2.24, 2.45) is 7.05 Å². The summed E-state index contributed by atoms with van der Waals surface area (Å²) in [6.45, 7) is 0. The highest BCUT2D eigenvalue weighted by molar-refractivity contribution is 5.94. The van der Waals surface area contributed by atoms with E-state index in [0.29, 0.717) is 5.56 Å². The first kappa shape index (κ1) is 11.8. The Morgan fingerprint density at radius 2 is 1.94 bits per heavy atom. The number of nitrogens with zero attached hydrogens (tertiary/aromatic N) is 2. The number of rotatable bonds is 2. The molecule has 0 spiro atoms. The van der Waals surface area contributed by atoms with Crippen LogP contribution in [0.15, 0.2) is 18.3 Å². The summed E-state index contributed by atoms with van der Waals surface area (Å²) in [4.78, 5) is 10.9. The van der Waals surface area contributed by atoms with Crippen LogP contribution in [-0.4, -0.2) is 31.1 Å². The zero-order valence-electron chi connectivity index (χ0n) is 9.45. The highest BCUT2D eigenvalue weighted by Gasteiger charge is 2.18. The lowest BCUT2D eigenvalue weighted by Crippen LogP contribution is -2.00. The highest BCUT2D eigenvalue weighted by Crippen LogP contribution is 2.37. The molecule has 0 radical (unpaired) electrons. The second-order valence-electron chi connectivity index (χ2n) is 3.76. The second kappa shape index (κ2) is 3.95. The van der Waals surface area contributed by atoms with E-state index in [1.54, 1.807) is 7.05 Å². The fourth-order valence-corrected chi connectivity index (χ4v) is 1.62. The van der Waals surface area contributed by atoms with Gasteiger partial charge in [-0.1, -0.05) is 0 Å². The molecule has 0 aliphatic rings. The Hall–Kier alpha value is -2.70. The van der Waals surface area contributed by atoms with Gasteiger partial charge in [0.15, 0.2) is 0 Å². The van der Waals surface area contributed by atoms with Crippen LogP contribution in [0.5, 0.6) is 11.5 Å². The van der Waals surface area contributed by atoms with Crippen LogP contribution in [0, 0.1) is 0 Å². The average Bonchev–Trinajstić information content (AvgIpc) is 2.60. The van der Waals surface area contributed by atoms with E-state index in [9.17, 15) is 15.0 Å². The molecular formula is C11H11N3O4. The molecule has 1 aromatic heterocycles. The molecular weight excluding hydrogens is 238 g/mol. The minimum atomic E-state index is -1.30. The molecule has 7 heteroatoms. The third kappa shape index (κ3) is 1.71. The lowest BCUT2D eigenvalue weighted by Gasteiger charge is -2.07. The number of hydrogen-bond acceptors (Lipinski definition) is 5. The van der Waals surface area contributed by atoms with Crippen LogP contribution < -0.4 is 5.73 Å². The van der Waals surface area contributed by atoms with Gasteiger partial charge in [0.25, 0.3) is 0 Å². The van der Waals surface area contributed by atoms with Crippen LogP contribution in [0.1, 0.15) is 10.4 Å². The van der Waals surface area contributed by atoms with Crippen molar-refractivity contribution < 1.29 is 20.1 Å². The molecule has 0 fully saturated rings. The molecule has 2 aromatic rings. The molecule has 0 unspecified atom stereocenters. The fraction of sp³-hybridized carbons (Fsp3) is 0.0909. The number of hydrogen-bond donors (Lipinski definition) is 4. The van der Waals surface area contributed by atoms with E-state index in [1.807, 2.05) is 0 Å². The number of phenols is 2. The number of phenolic OH excluding ortho intramolecular Hbond substituents is 1. The quantitative estimate of drug-likeness (QED) is 0.624. The molecule has 5 N–H and O–H groups in total. The average molecular weight is 249 g/mol. The summed E-state index contributed by atoms with van der Waals surface area (Å²) in [7, 11) is 1.62. The third-order valence-corrected chi connectivity index (χ3v) is 2.62. The third-order valence-electron chi connectivity index (χ3n) is 2.62. The molecule has 18 heavy (non-hydrogen) atoms. The maximum atomic E-state index is 10.9. The topological polar surface area (TPSA) is 122 Å². The molecule has 2 rings (SSSR count). The van der Waals surface area contributed by atoms with Gasteiger partial charge in [0.1, 0.15) is 22.9 Å². The fourth-order valence-electron chi connectivity index (χ4n) is 1.62. The van der Waals surface area contributed by atoms with E-state index in [1.165, 1.54) is 10.9 Å². The van der Waals surface area contributed by atoms with Gasteiger partial charge in [-0.25, -0.2) is 4.79 Å². The Morgan fingerprint density at radius 1 is 1.28 bits per heavy atom. The van der Waals surface area contributed by atoms with Crippen molar-refractivity contribution in [2.75, 3.05) is 5.73 Å². The molecule has 7 nitrogen and oxygen atoms in total. The highest BCUT2D eigenvalue weighted by atomic mass is 16.4. The maximum absolute atomic E-state index is 10.9. The van der Waals surface area contributed by atoms with Gasteiger partial charge in [0, 0.05) is 24.2 Å². The second-order valence-corrected chi connectivity index (χ2v) is 3.76. The first-order chi connectivity index (χ1) is 8.41. The largest absolute Gasteiger partial charge is 0.507 e. The Labute approximate surface area is 102 Å². The molecule has 0 aliphatic carbocycles. The number of aromatic carboxylic acids is 1. The smallest absolute Gasteiger partial charge is 0.339 e. The number of benzene rings is 1. The van der Waals surface area contributed by atoms with Gasteiger partial charge >= 0.3 is 5.97 Å². The van der Waals surface area contributed by atoms with E-state index < -0.39 is 11.7 Å². The van der Waals surface area contributed by atoms with Crippen LogP contribution in [-0.2, 0) is 7.05 Å². The van der Waals surface area contributed by atoms with Crippen LogP contribution in [0.2, 0.25) is 0 Å². The number of aryl methyl sites for hydroxylation is 1. The minimum absolute atomic E-state index is 0.204. The number of carbonyl (C=O) groups is 1. The zero-order chi connectivity index (χ0) is 13.4. The van der Waals surface area contributed by atoms with E-state index in [2.05, 4.69) is 5.10 Å². The minimum Gasteiger partial charge on any atom is -0.507 e. The van der Waals surface area contributed by atoms with E-state index in [0.717, 1.165) is 12.1 Å². The Morgan fingerprint density at radius 3 is 2.44 bits per heavy atom. The van der Waals surface area contributed by atoms with Crippen molar-refractivity contribution in [3.05, 3.63) is 23.9 Å². The molecule has 0 saturated heterocycles. The van der Waals surface area contributed by atoms with Crippen LogP contribution in [0.25, 0.3) is 11.1 Å². The monoisotopic (exact) mass is 249 g/mol. The number of anilines is 1. The van der Waals surface area contributed by atoms with E-state index in [-0.39, 0.29) is 22.7 Å². The van der Waals surface area contributed by atoms with Gasteiger partial charge < -0.3 is 21.1 Å². The first-order valence-electron chi connectivity index (χ1n) is 4.99. The molecule has 0 aliphatic heterocycles. The first-order valence-corrected chi connectivity index (χ1v) is 4.99. The summed E-state index contributed by atoms with van der Waals surface area (Å²) in [5.41, 5.74) is 6.04. The number of aromatic hydroxyl groups is 2. The number of aromatic nitrogens is 2. The number of carboxylic acid groups (broad SMARTS) is 1. The van der Waals surface area contributed by atoms with E-state index in [4.69, 9.17) is 10.8 Å². The predicted octanol–water partition coefficient (Wildman–Crippen LogP) is 0.779. The van der Waals surface area contributed by atoms with Gasteiger partial charge in [0.05, 0.1) is 6.20 Å². The number of nitrogen functional groups attached to an aromatic ring is 1. The predicted molar refractivity (Wildman–Crippen MR) is 63.3 cm³/mol. The van der Waals surface area contributed by atoms with Crippen molar-refractivity contribution in [1.29, 1.82) is 0 Å². The molecule has 0 amide bonds. The standard InChI is InChI=1S/C11H11N3O4/c1-14-10(12)7(4-13-14)5-2-6(11(17)18)9(16)3-8(5)15/h2-4,15-16H,12H2,1H3,(H,17,18). The lowest BCUT2D eigenvalue weighted by molar-refractivity contribution is 0.0694. The van der Waals surface area contributed by atoms with Crippen LogP contribution in [0.3, 0.4) is 0 Å². The molecule has 1 aromatic carbocycles. The lowest BCUT2D eigenvalue weighted by atomic mass is 10.0. The van der Waals surface area contributed by atoms with Crippen molar-refractivity contribution in [1.82, 2.24) is 9.78 Å². The Balaban J connectivity index is 2.68. The number of carboxylic acids is 1. The maximum Gasteiger partial charge on any atom is 0.339 e. The van der Waals surface area contributed by atoms with Gasteiger partial charge in [-0.15, -0.1) is 0 Å².